The molecule has 0 radical (unpaired) electrons. The second-order valence-electron chi connectivity index (χ2n) is 4.33. The molecular weight excluding hydrogens is 228 g/mol. The van der Waals surface area contributed by atoms with Crippen molar-refractivity contribution in [1.29, 1.82) is 0 Å². The van der Waals surface area contributed by atoms with E-state index in [0.29, 0.717) is 6.54 Å². The van der Waals surface area contributed by atoms with Crippen molar-refractivity contribution in [3.05, 3.63) is 24.3 Å². The Morgan fingerprint density at radius 3 is 2.67 bits per heavy atom. The Bertz CT molecular complexity index is 351. The molecule has 100 valence electrons. The summed E-state index contributed by atoms with van der Waals surface area (Å²) in [4.78, 5) is 19.8. The van der Waals surface area contributed by atoms with Crippen molar-refractivity contribution in [2.75, 3.05) is 0 Å². The zero-order chi connectivity index (χ0) is 13.4. The van der Waals surface area contributed by atoms with Crippen molar-refractivity contribution >= 4 is 5.91 Å². The van der Waals surface area contributed by atoms with Gasteiger partial charge in [-0.3, -0.25) is 4.79 Å². The molecule has 0 aliphatic carbocycles. The van der Waals surface area contributed by atoms with Crippen LogP contribution in [-0.4, -0.2) is 28.0 Å². The fraction of sp³-hybridized carbons (Fsp3) is 0.615. The summed E-state index contributed by atoms with van der Waals surface area (Å²) < 4.78 is 0. The van der Waals surface area contributed by atoms with Gasteiger partial charge in [0, 0.05) is 18.8 Å². The molecule has 0 fully saturated rings. The maximum absolute atomic E-state index is 11.9. The molecule has 5 nitrogen and oxygen atoms in total. The van der Waals surface area contributed by atoms with Gasteiger partial charge < -0.3 is 10.6 Å². The first kappa shape index (κ1) is 14.6. The predicted octanol–water partition coefficient (Wildman–Crippen LogP) is 1.26. The topological polar surface area (TPSA) is 66.9 Å². The average molecular weight is 250 g/mol. The van der Waals surface area contributed by atoms with Gasteiger partial charge in [-0.1, -0.05) is 13.8 Å². The maximum atomic E-state index is 11.9. The highest BCUT2D eigenvalue weighted by Gasteiger charge is 2.15. The molecule has 0 aliphatic heterocycles. The molecule has 1 amide bonds. The molecule has 0 aromatic carbocycles. The Morgan fingerprint density at radius 1 is 1.39 bits per heavy atom. The third-order valence-corrected chi connectivity index (χ3v) is 2.96. The number of nitrogens with zero attached hydrogens (tertiary/aromatic N) is 2. The van der Waals surface area contributed by atoms with Gasteiger partial charge in [-0.15, -0.1) is 0 Å². The number of carbonyl (C=O) groups excluding carboxylic acids is 1. The largest absolute Gasteiger partial charge is 0.352 e. The van der Waals surface area contributed by atoms with Crippen LogP contribution in [0.15, 0.2) is 18.6 Å². The van der Waals surface area contributed by atoms with E-state index < -0.39 is 0 Å². The van der Waals surface area contributed by atoms with Crippen LogP contribution in [0.5, 0.6) is 0 Å². The summed E-state index contributed by atoms with van der Waals surface area (Å²) in [7, 11) is 0. The monoisotopic (exact) mass is 250 g/mol. The molecule has 0 bridgehead atoms. The second-order valence-corrected chi connectivity index (χ2v) is 4.33. The Hall–Kier alpha value is -1.49. The summed E-state index contributed by atoms with van der Waals surface area (Å²) in [6.07, 6.45) is 5.12. The van der Waals surface area contributed by atoms with Crippen molar-refractivity contribution in [3.63, 3.8) is 0 Å². The quantitative estimate of drug-likeness (QED) is 0.764. The highest BCUT2D eigenvalue weighted by atomic mass is 16.2. The molecule has 1 aromatic heterocycles. The van der Waals surface area contributed by atoms with Gasteiger partial charge in [-0.25, -0.2) is 9.97 Å². The first-order valence-electron chi connectivity index (χ1n) is 6.46. The summed E-state index contributed by atoms with van der Waals surface area (Å²) in [5.41, 5.74) is 0.882. The molecule has 1 rings (SSSR count). The van der Waals surface area contributed by atoms with E-state index in [-0.39, 0.29) is 18.0 Å². The molecule has 18 heavy (non-hydrogen) atoms. The first-order chi connectivity index (χ1) is 8.67. The predicted molar refractivity (Wildman–Crippen MR) is 70.8 cm³/mol. The van der Waals surface area contributed by atoms with Gasteiger partial charge in [0.2, 0.25) is 5.91 Å². The van der Waals surface area contributed by atoms with E-state index in [0.717, 1.165) is 18.5 Å². The van der Waals surface area contributed by atoms with Gasteiger partial charge >= 0.3 is 0 Å². The lowest BCUT2D eigenvalue weighted by Crippen LogP contribution is -2.45. The molecule has 2 N–H and O–H groups in total. The van der Waals surface area contributed by atoms with E-state index in [1.54, 1.807) is 6.20 Å². The Kier molecular flexibility index (Phi) is 6.28. The summed E-state index contributed by atoms with van der Waals surface area (Å²) in [5.74, 6) is 0.0396. The van der Waals surface area contributed by atoms with Crippen LogP contribution < -0.4 is 10.6 Å². The molecule has 1 atom stereocenters. The van der Waals surface area contributed by atoms with Crippen molar-refractivity contribution in [2.24, 2.45) is 0 Å². The minimum atomic E-state index is -0.222. The molecule has 1 heterocycles. The van der Waals surface area contributed by atoms with Gasteiger partial charge in [-0.05, 0) is 25.8 Å². The van der Waals surface area contributed by atoms with Gasteiger partial charge in [0.25, 0.3) is 0 Å². The van der Waals surface area contributed by atoms with Crippen LogP contribution in [0.25, 0.3) is 0 Å². The van der Waals surface area contributed by atoms with E-state index in [4.69, 9.17) is 0 Å². The SMILES string of the molecule is CCC(CC)NC(=O)C(C)NCc1ccncn1. The number of hydrogen-bond donors (Lipinski definition) is 2. The number of carbonyl (C=O) groups is 1. The Morgan fingerprint density at radius 2 is 2.11 bits per heavy atom. The minimum absolute atomic E-state index is 0.0396. The number of rotatable bonds is 7. The van der Waals surface area contributed by atoms with Crippen LogP contribution in [0.4, 0.5) is 0 Å². The van der Waals surface area contributed by atoms with Gasteiger partial charge in [0.05, 0.1) is 11.7 Å². The van der Waals surface area contributed by atoms with Gasteiger partial charge in [0.15, 0.2) is 0 Å². The van der Waals surface area contributed by atoms with Crippen LogP contribution in [0.2, 0.25) is 0 Å². The molecule has 5 heteroatoms. The summed E-state index contributed by atoms with van der Waals surface area (Å²) in [6.45, 7) is 6.58. The molecule has 0 saturated heterocycles. The number of nitrogens with one attached hydrogen (secondary N) is 2. The third-order valence-electron chi connectivity index (χ3n) is 2.96. The molecule has 1 unspecified atom stereocenters. The van der Waals surface area contributed by atoms with Crippen molar-refractivity contribution in [2.45, 2.75) is 52.2 Å². The van der Waals surface area contributed by atoms with Crippen molar-refractivity contribution < 1.29 is 4.79 Å². The number of hydrogen-bond acceptors (Lipinski definition) is 4. The van der Waals surface area contributed by atoms with Crippen molar-refractivity contribution in [1.82, 2.24) is 20.6 Å². The summed E-state index contributed by atoms with van der Waals surface area (Å²) >= 11 is 0. The zero-order valence-electron chi connectivity index (χ0n) is 11.3. The lowest BCUT2D eigenvalue weighted by molar-refractivity contribution is -0.123. The maximum Gasteiger partial charge on any atom is 0.237 e. The zero-order valence-corrected chi connectivity index (χ0v) is 11.3. The van der Waals surface area contributed by atoms with Crippen LogP contribution >= 0.6 is 0 Å². The number of amides is 1. The van der Waals surface area contributed by atoms with Crippen molar-refractivity contribution in [3.8, 4) is 0 Å². The standard InChI is InChI=1S/C13H22N4O/c1-4-11(5-2)17-13(18)10(3)15-8-12-6-7-14-9-16-12/h6-7,9-11,15H,4-5,8H2,1-3H3,(H,17,18). The smallest absolute Gasteiger partial charge is 0.237 e. The Balaban J connectivity index is 2.36. The van der Waals surface area contributed by atoms with Gasteiger partial charge in [-0.2, -0.15) is 0 Å². The van der Waals surface area contributed by atoms with Crippen LogP contribution in [0.3, 0.4) is 0 Å². The van der Waals surface area contributed by atoms with E-state index >= 15 is 0 Å². The van der Waals surface area contributed by atoms with Crippen LogP contribution in [0.1, 0.15) is 39.3 Å². The second kappa shape index (κ2) is 7.76. The lowest BCUT2D eigenvalue weighted by atomic mass is 10.1. The lowest BCUT2D eigenvalue weighted by Gasteiger charge is -2.19. The molecule has 0 saturated carbocycles. The number of aromatic nitrogens is 2. The fourth-order valence-corrected chi connectivity index (χ4v) is 1.59. The van der Waals surface area contributed by atoms with Crippen LogP contribution in [-0.2, 0) is 11.3 Å². The van der Waals surface area contributed by atoms with Crippen LogP contribution in [0, 0.1) is 0 Å². The van der Waals surface area contributed by atoms with E-state index in [1.807, 2.05) is 13.0 Å². The molecule has 1 aromatic rings. The molecule has 0 aliphatic rings. The summed E-state index contributed by atoms with van der Waals surface area (Å²) in [6, 6.07) is 1.87. The normalized spacial score (nSPS) is 12.4. The highest BCUT2D eigenvalue weighted by molar-refractivity contribution is 5.81. The summed E-state index contributed by atoms with van der Waals surface area (Å²) in [5, 5.41) is 6.17. The minimum Gasteiger partial charge on any atom is -0.352 e. The molecular formula is C13H22N4O. The average Bonchev–Trinajstić information content (AvgIpc) is 2.42. The first-order valence-corrected chi connectivity index (χ1v) is 6.46. The van der Waals surface area contributed by atoms with Gasteiger partial charge in [0.1, 0.15) is 6.33 Å². The highest BCUT2D eigenvalue weighted by Crippen LogP contribution is 1.98. The van der Waals surface area contributed by atoms with E-state index in [1.165, 1.54) is 6.33 Å². The fourth-order valence-electron chi connectivity index (χ4n) is 1.59. The van der Waals surface area contributed by atoms with E-state index in [2.05, 4.69) is 34.4 Å². The Labute approximate surface area is 108 Å². The third kappa shape index (κ3) is 4.79. The molecule has 0 spiro atoms. The van der Waals surface area contributed by atoms with E-state index in [9.17, 15) is 4.79 Å².